The molecule has 0 aliphatic rings. The summed E-state index contributed by atoms with van der Waals surface area (Å²) >= 11 is 0. The summed E-state index contributed by atoms with van der Waals surface area (Å²) in [5.74, 6) is 0.764. The molecule has 0 spiro atoms. The van der Waals surface area contributed by atoms with Crippen LogP contribution in [-0.2, 0) is 0 Å². The number of fused-ring (bicyclic) bond motifs is 1. The van der Waals surface area contributed by atoms with Gasteiger partial charge in [0.05, 0.1) is 12.6 Å². The molecule has 2 aromatic rings. The number of hydrogen-bond acceptors (Lipinski definition) is 3. The molecule has 4 N–H and O–H groups in total. The minimum Gasteiger partial charge on any atom is -0.495 e. The highest BCUT2D eigenvalue weighted by atomic mass is 16.5. The summed E-state index contributed by atoms with van der Waals surface area (Å²) in [5, 5.41) is 10.9. The third-order valence-corrected chi connectivity index (χ3v) is 2.68. The van der Waals surface area contributed by atoms with E-state index in [1.54, 1.807) is 14.0 Å². The van der Waals surface area contributed by atoms with Crippen LogP contribution in [-0.4, -0.2) is 23.2 Å². The van der Waals surface area contributed by atoms with Crippen LogP contribution in [0.1, 0.15) is 18.7 Å². The second kappa shape index (κ2) is 4.15. The molecule has 0 radical (unpaired) electrons. The normalized spacial score (nSPS) is 15.0. The average molecular weight is 220 g/mol. The van der Waals surface area contributed by atoms with Crippen molar-refractivity contribution in [2.24, 2.45) is 5.73 Å². The summed E-state index contributed by atoms with van der Waals surface area (Å²) in [4.78, 5) is 3.14. The number of aromatic nitrogens is 1. The lowest BCUT2D eigenvalue weighted by molar-refractivity contribution is 0.149. The van der Waals surface area contributed by atoms with E-state index in [9.17, 15) is 5.11 Å². The zero-order chi connectivity index (χ0) is 11.7. The van der Waals surface area contributed by atoms with E-state index in [4.69, 9.17) is 10.5 Å². The van der Waals surface area contributed by atoms with Crippen LogP contribution >= 0.6 is 0 Å². The molecule has 0 aliphatic carbocycles. The van der Waals surface area contributed by atoms with E-state index in [2.05, 4.69) is 4.98 Å². The highest BCUT2D eigenvalue weighted by Gasteiger charge is 2.15. The van der Waals surface area contributed by atoms with Gasteiger partial charge in [0.1, 0.15) is 11.9 Å². The summed E-state index contributed by atoms with van der Waals surface area (Å²) in [6.07, 6.45) is -0.683. The molecule has 0 bridgehead atoms. The summed E-state index contributed by atoms with van der Waals surface area (Å²) < 4.78 is 5.24. The highest BCUT2D eigenvalue weighted by molar-refractivity contribution is 5.86. The Kier molecular flexibility index (Phi) is 2.85. The van der Waals surface area contributed by atoms with Crippen LogP contribution in [0.3, 0.4) is 0 Å². The van der Waals surface area contributed by atoms with Gasteiger partial charge in [0.25, 0.3) is 0 Å². The zero-order valence-corrected chi connectivity index (χ0v) is 9.40. The summed E-state index contributed by atoms with van der Waals surface area (Å²) in [5.41, 5.74) is 7.26. The molecule has 2 unspecified atom stereocenters. The largest absolute Gasteiger partial charge is 0.495 e. The molecular weight excluding hydrogens is 204 g/mol. The van der Waals surface area contributed by atoms with Crippen LogP contribution in [0.15, 0.2) is 24.3 Å². The number of H-pyrrole nitrogens is 1. The summed E-state index contributed by atoms with van der Waals surface area (Å²) in [7, 11) is 1.62. The molecule has 1 aromatic heterocycles. The first-order valence-corrected chi connectivity index (χ1v) is 5.22. The molecule has 2 atom stereocenters. The molecule has 0 saturated carbocycles. The number of nitrogens with two attached hydrogens (primary N) is 1. The minimum atomic E-state index is -0.683. The first-order chi connectivity index (χ1) is 7.63. The van der Waals surface area contributed by atoms with Gasteiger partial charge in [-0.05, 0) is 19.1 Å². The van der Waals surface area contributed by atoms with Gasteiger partial charge in [0.15, 0.2) is 0 Å². The van der Waals surface area contributed by atoms with Crippen molar-refractivity contribution < 1.29 is 9.84 Å². The maximum Gasteiger partial charge on any atom is 0.142 e. The van der Waals surface area contributed by atoms with Gasteiger partial charge >= 0.3 is 0 Å². The lowest BCUT2D eigenvalue weighted by Gasteiger charge is -2.12. The molecule has 0 fully saturated rings. The number of benzene rings is 1. The Morgan fingerprint density at radius 1 is 1.44 bits per heavy atom. The van der Waals surface area contributed by atoms with Crippen molar-refractivity contribution in [3.63, 3.8) is 0 Å². The van der Waals surface area contributed by atoms with Gasteiger partial charge in [-0.1, -0.05) is 12.1 Å². The first-order valence-electron chi connectivity index (χ1n) is 5.22. The Bertz CT molecular complexity index is 491. The molecule has 1 aromatic carbocycles. The fourth-order valence-corrected chi connectivity index (χ4v) is 1.76. The standard InChI is InChI=1S/C12H16N2O2/c1-7(13)12(15)9-6-8-4-3-5-10(16-2)11(8)14-9/h3-7,12,14-15H,13H2,1-2H3. The van der Waals surface area contributed by atoms with Gasteiger partial charge in [-0.2, -0.15) is 0 Å². The van der Waals surface area contributed by atoms with Crippen molar-refractivity contribution in [1.29, 1.82) is 0 Å². The summed E-state index contributed by atoms with van der Waals surface area (Å²) in [6.45, 7) is 1.77. The number of rotatable bonds is 3. The van der Waals surface area contributed by atoms with E-state index in [1.807, 2.05) is 24.3 Å². The number of aromatic amines is 1. The SMILES string of the molecule is COc1cccc2cc(C(O)C(C)N)[nH]c12. The maximum absolute atomic E-state index is 9.87. The highest BCUT2D eigenvalue weighted by Crippen LogP contribution is 2.28. The lowest BCUT2D eigenvalue weighted by atomic mass is 10.1. The molecule has 0 aliphatic heterocycles. The van der Waals surface area contributed by atoms with Crippen LogP contribution in [0.5, 0.6) is 5.75 Å². The number of hydrogen-bond donors (Lipinski definition) is 3. The molecule has 4 heteroatoms. The van der Waals surface area contributed by atoms with Crippen molar-refractivity contribution in [2.75, 3.05) is 7.11 Å². The number of aliphatic hydroxyl groups excluding tert-OH is 1. The van der Waals surface area contributed by atoms with Gasteiger partial charge in [-0.25, -0.2) is 0 Å². The van der Waals surface area contributed by atoms with E-state index in [0.29, 0.717) is 0 Å². The van der Waals surface area contributed by atoms with E-state index in [0.717, 1.165) is 22.3 Å². The number of para-hydroxylation sites is 1. The number of methoxy groups -OCH3 is 1. The van der Waals surface area contributed by atoms with E-state index >= 15 is 0 Å². The quantitative estimate of drug-likeness (QED) is 0.735. The predicted molar refractivity (Wildman–Crippen MR) is 63.5 cm³/mol. The first kappa shape index (κ1) is 11.0. The second-order valence-corrected chi connectivity index (χ2v) is 3.95. The molecule has 0 saturated heterocycles. The molecule has 2 rings (SSSR count). The minimum absolute atomic E-state index is 0.306. The van der Waals surface area contributed by atoms with Gasteiger partial charge in [-0.15, -0.1) is 0 Å². The Morgan fingerprint density at radius 2 is 2.19 bits per heavy atom. The third kappa shape index (κ3) is 1.77. The van der Waals surface area contributed by atoms with Crippen LogP contribution < -0.4 is 10.5 Å². The van der Waals surface area contributed by atoms with Crippen molar-refractivity contribution in [3.05, 3.63) is 30.0 Å². The van der Waals surface area contributed by atoms with Crippen LogP contribution in [0, 0.1) is 0 Å². The Morgan fingerprint density at radius 3 is 2.81 bits per heavy atom. The Balaban J connectivity index is 2.51. The third-order valence-electron chi connectivity index (χ3n) is 2.68. The van der Waals surface area contributed by atoms with Gasteiger partial charge in [-0.3, -0.25) is 0 Å². The topological polar surface area (TPSA) is 71.3 Å². The van der Waals surface area contributed by atoms with Crippen molar-refractivity contribution >= 4 is 10.9 Å². The van der Waals surface area contributed by atoms with Crippen LogP contribution in [0.25, 0.3) is 10.9 Å². The van der Waals surface area contributed by atoms with Gasteiger partial charge < -0.3 is 20.6 Å². The molecular formula is C12H16N2O2. The zero-order valence-electron chi connectivity index (χ0n) is 9.40. The smallest absolute Gasteiger partial charge is 0.142 e. The monoisotopic (exact) mass is 220 g/mol. The van der Waals surface area contributed by atoms with Crippen molar-refractivity contribution in [2.45, 2.75) is 19.1 Å². The van der Waals surface area contributed by atoms with E-state index in [-0.39, 0.29) is 6.04 Å². The molecule has 16 heavy (non-hydrogen) atoms. The number of nitrogens with one attached hydrogen (secondary N) is 1. The second-order valence-electron chi connectivity index (χ2n) is 3.95. The predicted octanol–water partition coefficient (Wildman–Crippen LogP) is 1.56. The van der Waals surface area contributed by atoms with Crippen molar-refractivity contribution in [3.8, 4) is 5.75 Å². The fraction of sp³-hybridized carbons (Fsp3) is 0.333. The molecule has 1 heterocycles. The van der Waals surface area contributed by atoms with Gasteiger partial charge in [0.2, 0.25) is 0 Å². The lowest BCUT2D eigenvalue weighted by Crippen LogP contribution is -2.24. The van der Waals surface area contributed by atoms with Crippen molar-refractivity contribution in [1.82, 2.24) is 4.98 Å². The van der Waals surface area contributed by atoms with Crippen LogP contribution in [0.2, 0.25) is 0 Å². The van der Waals surface area contributed by atoms with E-state index in [1.165, 1.54) is 0 Å². The fourth-order valence-electron chi connectivity index (χ4n) is 1.76. The number of ether oxygens (including phenoxy) is 1. The maximum atomic E-state index is 9.87. The Hall–Kier alpha value is -1.52. The van der Waals surface area contributed by atoms with Gasteiger partial charge in [0, 0.05) is 17.1 Å². The summed E-state index contributed by atoms with van der Waals surface area (Å²) in [6, 6.07) is 7.34. The molecule has 86 valence electrons. The molecule has 4 nitrogen and oxygen atoms in total. The number of aliphatic hydroxyl groups is 1. The molecule has 0 amide bonds. The Labute approximate surface area is 94.0 Å². The van der Waals surface area contributed by atoms with Crippen LogP contribution in [0.4, 0.5) is 0 Å². The van der Waals surface area contributed by atoms with E-state index < -0.39 is 6.10 Å². The average Bonchev–Trinajstić information content (AvgIpc) is 2.70.